The molecule has 17 heavy (non-hydrogen) atoms. The Kier molecular flexibility index (Phi) is 5.35. The van der Waals surface area contributed by atoms with E-state index in [9.17, 15) is 0 Å². The van der Waals surface area contributed by atoms with Crippen LogP contribution in [0.15, 0.2) is 30.8 Å². The molecule has 94 valence electrons. The summed E-state index contributed by atoms with van der Waals surface area (Å²) >= 11 is 0. The molecule has 0 aliphatic heterocycles. The summed E-state index contributed by atoms with van der Waals surface area (Å²) in [7, 11) is 4.73. The van der Waals surface area contributed by atoms with Gasteiger partial charge in [-0.3, -0.25) is 0 Å². The summed E-state index contributed by atoms with van der Waals surface area (Å²) in [6, 6.07) is 8.20. The molecule has 1 aromatic rings. The van der Waals surface area contributed by atoms with Crippen molar-refractivity contribution >= 4 is 6.08 Å². The molecule has 0 aliphatic carbocycles. The first-order valence-corrected chi connectivity index (χ1v) is 5.56. The minimum atomic E-state index is -0.954. The van der Waals surface area contributed by atoms with Gasteiger partial charge in [-0.05, 0) is 17.5 Å². The van der Waals surface area contributed by atoms with Crippen LogP contribution in [-0.4, -0.2) is 27.3 Å². The van der Waals surface area contributed by atoms with Crippen molar-refractivity contribution in [3.63, 3.8) is 0 Å². The zero-order chi connectivity index (χ0) is 12.7. The predicted molar refractivity (Wildman–Crippen MR) is 68.6 cm³/mol. The zero-order valence-corrected chi connectivity index (χ0v) is 10.7. The maximum atomic E-state index is 5.25. The Balaban J connectivity index is 2.68. The van der Waals surface area contributed by atoms with E-state index in [-0.39, 0.29) is 0 Å². The van der Waals surface area contributed by atoms with Crippen LogP contribution in [0.25, 0.3) is 6.08 Å². The van der Waals surface area contributed by atoms with Crippen LogP contribution in [0.3, 0.4) is 0 Å². The fourth-order valence-electron chi connectivity index (χ4n) is 1.73. The smallest absolute Gasteiger partial charge is 0.282 e. The highest BCUT2D eigenvalue weighted by atomic mass is 16.9. The van der Waals surface area contributed by atoms with Crippen LogP contribution in [0.1, 0.15) is 17.5 Å². The number of ether oxygens (including phenoxy) is 3. The summed E-state index contributed by atoms with van der Waals surface area (Å²) in [6.07, 6.45) is 3.29. The molecular formula is C14H20O3. The lowest BCUT2D eigenvalue weighted by Crippen LogP contribution is -2.36. The van der Waals surface area contributed by atoms with Crippen molar-refractivity contribution in [2.24, 2.45) is 0 Å². The van der Waals surface area contributed by atoms with Crippen molar-refractivity contribution < 1.29 is 14.2 Å². The average Bonchev–Trinajstić information content (AvgIpc) is 2.41. The normalized spacial score (nSPS) is 11.5. The molecule has 0 amide bonds. The summed E-state index contributed by atoms with van der Waals surface area (Å²) in [5.41, 5.74) is 2.32. The molecule has 0 unspecified atom stereocenters. The Morgan fingerprint density at radius 3 is 2.35 bits per heavy atom. The van der Waals surface area contributed by atoms with Crippen LogP contribution < -0.4 is 0 Å². The van der Waals surface area contributed by atoms with E-state index in [1.165, 1.54) is 5.56 Å². The second-order valence-electron chi connectivity index (χ2n) is 3.74. The van der Waals surface area contributed by atoms with E-state index in [4.69, 9.17) is 14.2 Å². The molecule has 0 atom stereocenters. The van der Waals surface area contributed by atoms with Crippen molar-refractivity contribution in [3.05, 3.63) is 42.0 Å². The Morgan fingerprint density at radius 1 is 1.18 bits per heavy atom. The maximum absolute atomic E-state index is 5.25. The number of hydrogen-bond donors (Lipinski definition) is 0. The number of aryl methyl sites for hydroxylation is 1. The Labute approximate surface area is 103 Å². The Morgan fingerprint density at radius 2 is 1.82 bits per heavy atom. The van der Waals surface area contributed by atoms with Crippen LogP contribution >= 0.6 is 0 Å². The molecule has 1 rings (SSSR count). The summed E-state index contributed by atoms with van der Waals surface area (Å²) in [4.78, 5) is 0. The van der Waals surface area contributed by atoms with Crippen LogP contribution in [0.4, 0.5) is 0 Å². The fraction of sp³-hybridized carbons (Fsp3) is 0.429. The van der Waals surface area contributed by atoms with Gasteiger partial charge in [0.25, 0.3) is 5.97 Å². The zero-order valence-electron chi connectivity index (χ0n) is 10.7. The van der Waals surface area contributed by atoms with Crippen molar-refractivity contribution in [2.75, 3.05) is 21.3 Å². The number of methoxy groups -OCH3 is 3. The van der Waals surface area contributed by atoms with Crippen molar-refractivity contribution in [1.29, 1.82) is 0 Å². The van der Waals surface area contributed by atoms with Gasteiger partial charge in [-0.2, -0.15) is 0 Å². The molecule has 0 aliphatic rings. The quantitative estimate of drug-likeness (QED) is 0.681. The molecule has 0 heterocycles. The van der Waals surface area contributed by atoms with Crippen LogP contribution in [-0.2, 0) is 20.6 Å². The van der Waals surface area contributed by atoms with Crippen LogP contribution in [0.2, 0.25) is 0 Å². The number of rotatable bonds is 7. The second-order valence-corrected chi connectivity index (χ2v) is 3.74. The maximum Gasteiger partial charge on any atom is 0.282 e. The van der Waals surface area contributed by atoms with E-state index in [0.717, 1.165) is 12.0 Å². The van der Waals surface area contributed by atoms with Crippen LogP contribution in [0, 0.1) is 0 Å². The lowest BCUT2D eigenvalue weighted by atomic mass is 10.1. The van der Waals surface area contributed by atoms with Gasteiger partial charge in [0.05, 0.1) is 0 Å². The van der Waals surface area contributed by atoms with Crippen molar-refractivity contribution in [1.82, 2.24) is 0 Å². The third-order valence-corrected chi connectivity index (χ3v) is 2.84. The molecule has 0 N–H and O–H groups in total. The van der Waals surface area contributed by atoms with E-state index in [2.05, 4.69) is 18.7 Å². The molecule has 1 aromatic carbocycles. The highest BCUT2D eigenvalue weighted by molar-refractivity contribution is 5.47. The third kappa shape index (κ3) is 3.66. The minimum absolute atomic E-state index is 0.636. The molecule has 0 saturated carbocycles. The topological polar surface area (TPSA) is 27.7 Å². The van der Waals surface area contributed by atoms with Gasteiger partial charge in [-0.15, -0.1) is 0 Å². The second kappa shape index (κ2) is 6.55. The molecule has 3 nitrogen and oxygen atoms in total. The monoisotopic (exact) mass is 236 g/mol. The molecule has 0 fully saturated rings. The first-order chi connectivity index (χ1) is 8.19. The van der Waals surface area contributed by atoms with Gasteiger partial charge in [0.1, 0.15) is 0 Å². The van der Waals surface area contributed by atoms with E-state index in [1.807, 2.05) is 18.2 Å². The van der Waals surface area contributed by atoms with Gasteiger partial charge in [0, 0.05) is 27.8 Å². The molecule has 0 bridgehead atoms. The Hall–Kier alpha value is -1.16. The largest absolute Gasteiger partial charge is 0.331 e. The van der Waals surface area contributed by atoms with E-state index in [0.29, 0.717) is 6.42 Å². The molecule has 0 saturated heterocycles. The SMILES string of the molecule is C=Cc1cccc(CCC(OC)(OC)OC)c1. The highest BCUT2D eigenvalue weighted by Crippen LogP contribution is 2.20. The molecule has 0 spiro atoms. The first-order valence-electron chi connectivity index (χ1n) is 5.56. The van der Waals surface area contributed by atoms with Crippen LogP contribution in [0.5, 0.6) is 0 Å². The highest BCUT2D eigenvalue weighted by Gasteiger charge is 2.28. The van der Waals surface area contributed by atoms with Gasteiger partial charge in [0.2, 0.25) is 0 Å². The van der Waals surface area contributed by atoms with Crippen molar-refractivity contribution in [3.8, 4) is 0 Å². The molecule has 0 aromatic heterocycles. The number of hydrogen-bond acceptors (Lipinski definition) is 3. The molecular weight excluding hydrogens is 216 g/mol. The van der Waals surface area contributed by atoms with Gasteiger partial charge >= 0.3 is 0 Å². The van der Waals surface area contributed by atoms with Gasteiger partial charge in [0.15, 0.2) is 0 Å². The predicted octanol–water partition coefficient (Wildman–Crippen LogP) is 2.86. The van der Waals surface area contributed by atoms with Gasteiger partial charge in [-0.1, -0.05) is 36.9 Å². The molecule has 3 heteroatoms. The summed E-state index contributed by atoms with van der Waals surface area (Å²) < 4.78 is 15.7. The lowest BCUT2D eigenvalue weighted by molar-refractivity contribution is -0.354. The van der Waals surface area contributed by atoms with Gasteiger partial charge in [-0.25, -0.2) is 0 Å². The number of benzene rings is 1. The third-order valence-electron chi connectivity index (χ3n) is 2.84. The summed E-state index contributed by atoms with van der Waals surface area (Å²) in [5.74, 6) is -0.954. The standard InChI is InChI=1S/C14H20O3/c1-5-12-7-6-8-13(11-12)9-10-14(15-2,16-3)17-4/h5-8,11H,1,9-10H2,2-4H3. The minimum Gasteiger partial charge on any atom is -0.331 e. The van der Waals surface area contributed by atoms with E-state index >= 15 is 0 Å². The van der Waals surface area contributed by atoms with E-state index in [1.54, 1.807) is 21.3 Å². The Bertz CT molecular complexity index is 348. The van der Waals surface area contributed by atoms with Crippen molar-refractivity contribution in [2.45, 2.75) is 18.8 Å². The average molecular weight is 236 g/mol. The van der Waals surface area contributed by atoms with E-state index < -0.39 is 5.97 Å². The summed E-state index contributed by atoms with van der Waals surface area (Å²) in [6.45, 7) is 3.76. The molecule has 0 radical (unpaired) electrons. The lowest BCUT2D eigenvalue weighted by Gasteiger charge is -2.28. The van der Waals surface area contributed by atoms with Gasteiger partial charge < -0.3 is 14.2 Å². The fourth-order valence-corrected chi connectivity index (χ4v) is 1.73. The first kappa shape index (κ1) is 13.9. The summed E-state index contributed by atoms with van der Waals surface area (Å²) in [5, 5.41) is 0.